The molecule has 3 nitrogen and oxygen atoms in total. The SMILES string of the molecule is Cc1nn(C)c(Cl)c1CCCN. The number of rotatable bonds is 3. The molecule has 0 atom stereocenters. The molecule has 2 N–H and O–H groups in total. The van der Waals surface area contributed by atoms with Crippen LogP contribution in [0.2, 0.25) is 5.15 Å². The van der Waals surface area contributed by atoms with Crippen molar-refractivity contribution in [3.8, 4) is 0 Å². The average molecular weight is 188 g/mol. The Bertz CT molecular complexity index is 268. The Morgan fingerprint density at radius 2 is 2.25 bits per heavy atom. The van der Waals surface area contributed by atoms with E-state index in [1.165, 1.54) is 0 Å². The number of nitrogens with zero attached hydrogens (tertiary/aromatic N) is 2. The van der Waals surface area contributed by atoms with Crippen molar-refractivity contribution >= 4 is 11.6 Å². The molecule has 0 aliphatic heterocycles. The number of halogens is 1. The zero-order valence-corrected chi connectivity index (χ0v) is 8.23. The molecule has 1 heterocycles. The fourth-order valence-corrected chi connectivity index (χ4v) is 1.51. The van der Waals surface area contributed by atoms with E-state index in [-0.39, 0.29) is 0 Å². The van der Waals surface area contributed by atoms with Gasteiger partial charge in [0.1, 0.15) is 5.15 Å². The summed E-state index contributed by atoms with van der Waals surface area (Å²) in [5.41, 5.74) is 7.55. The molecular weight excluding hydrogens is 174 g/mol. The fraction of sp³-hybridized carbons (Fsp3) is 0.625. The molecule has 12 heavy (non-hydrogen) atoms. The van der Waals surface area contributed by atoms with E-state index < -0.39 is 0 Å². The second-order valence-corrected chi connectivity index (χ2v) is 3.23. The molecule has 4 heteroatoms. The molecule has 68 valence electrons. The molecule has 0 spiro atoms. The third-order valence-corrected chi connectivity index (χ3v) is 2.37. The Morgan fingerprint density at radius 3 is 2.67 bits per heavy atom. The summed E-state index contributed by atoms with van der Waals surface area (Å²) in [5, 5.41) is 4.94. The van der Waals surface area contributed by atoms with Gasteiger partial charge in [0.2, 0.25) is 0 Å². The van der Waals surface area contributed by atoms with Gasteiger partial charge in [-0.2, -0.15) is 5.10 Å². The van der Waals surface area contributed by atoms with Gasteiger partial charge in [-0.25, -0.2) is 0 Å². The van der Waals surface area contributed by atoms with Gasteiger partial charge in [0, 0.05) is 12.6 Å². The van der Waals surface area contributed by atoms with Crippen LogP contribution in [-0.4, -0.2) is 16.3 Å². The Morgan fingerprint density at radius 1 is 1.58 bits per heavy atom. The van der Waals surface area contributed by atoms with E-state index in [4.69, 9.17) is 17.3 Å². The highest BCUT2D eigenvalue weighted by atomic mass is 35.5. The van der Waals surface area contributed by atoms with Gasteiger partial charge in [0.05, 0.1) is 5.69 Å². The largest absolute Gasteiger partial charge is 0.330 e. The van der Waals surface area contributed by atoms with Gasteiger partial charge in [-0.05, 0) is 26.3 Å². The summed E-state index contributed by atoms with van der Waals surface area (Å²) in [5.74, 6) is 0. The standard InChI is InChI=1S/C8H14ClN3/c1-6-7(4-3-5-10)8(9)12(2)11-6/h3-5,10H2,1-2H3. The highest BCUT2D eigenvalue weighted by Gasteiger charge is 2.09. The first kappa shape index (κ1) is 9.55. The van der Waals surface area contributed by atoms with Gasteiger partial charge in [-0.15, -0.1) is 0 Å². The van der Waals surface area contributed by atoms with E-state index in [2.05, 4.69) is 5.10 Å². The number of aromatic nitrogens is 2. The maximum Gasteiger partial charge on any atom is 0.130 e. The van der Waals surface area contributed by atoms with Crippen LogP contribution in [0.15, 0.2) is 0 Å². The topological polar surface area (TPSA) is 43.8 Å². The number of aryl methyl sites for hydroxylation is 2. The highest BCUT2D eigenvalue weighted by Crippen LogP contribution is 2.19. The number of hydrogen-bond acceptors (Lipinski definition) is 2. The van der Waals surface area contributed by atoms with Gasteiger partial charge < -0.3 is 5.73 Å². The first-order valence-electron chi connectivity index (χ1n) is 4.05. The summed E-state index contributed by atoms with van der Waals surface area (Å²) >= 11 is 6.01. The summed E-state index contributed by atoms with van der Waals surface area (Å²) in [4.78, 5) is 0. The molecule has 0 saturated carbocycles. The molecule has 0 radical (unpaired) electrons. The van der Waals surface area contributed by atoms with E-state index in [0.29, 0.717) is 6.54 Å². The third-order valence-electron chi connectivity index (χ3n) is 1.90. The van der Waals surface area contributed by atoms with Crippen LogP contribution in [0.1, 0.15) is 17.7 Å². The number of nitrogens with two attached hydrogens (primary N) is 1. The second kappa shape index (κ2) is 3.92. The van der Waals surface area contributed by atoms with E-state index in [9.17, 15) is 0 Å². The summed E-state index contributed by atoms with van der Waals surface area (Å²) in [6, 6.07) is 0. The summed E-state index contributed by atoms with van der Waals surface area (Å²) < 4.78 is 1.70. The Kier molecular flexibility index (Phi) is 3.12. The van der Waals surface area contributed by atoms with Gasteiger partial charge in [-0.3, -0.25) is 4.68 Å². The maximum atomic E-state index is 6.01. The minimum atomic E-state index is 0.699. The van der Waals surface area contributed by atoms with Gasteiger partial charge >= 0.3 is 0 Å². The first-order valence-corrected chi connectivity index (χ1v) is 4.42. The minimum absolute atomic E-state index is 0.699. The lowest BCUT2D eigenvalue weighted by Crippen LogP contribution is -2.00. The van der Waals surface area contributed by atoms with Crippen LogP contribution in [-0.2, 0) is 13.5 Å². The van der Waals surface area contributed by atoms with Crippen molar-refractivity contribution in [3.05, 3.63) is 16.4 Å². The molecule has 0 aliphatic carbocycles. The van der Waals surface area contributed by atoms with Gasteiger partial charge in [0.25, 0.3) is 0 Å². The van der Waals surface area contributed by atoms with E-state index in [1.807, 2.05) is 14.0 Å². The quantitative estimate of drug-likeness (QED) is 0.775. The van der Waals surface area contributed by atoms with E-state index in [0.717, 1.165) is 29.3 Å². The van der Waals surface area contributed by atoms with Crippen molar-refractivity contribution in [2.24, 2.45) is 12.8 Å². The molecule has 0 bridgehead atoms. The summed E-state index contributed by atoms with van der Waals surface area (Å²) in [7, 11) is 1.85. The lowest BCUT2D eigenvalue weighted by Gasteiger charge is -1.97. The van der Waals surface area contributed by atoms with Crippen LogP contribution in [0.5, 0.6) is 0 Å². The lowest BCUT2D eigenvalue weighted by molar-refractivity contribution is 0.757. The molecule has 0 aliphatic rings. The minimum Gasteiger partial charge on any atom is -0.330 e. The zero-order chi connectivity index (χ0) is 9.14. The van der Waals surface area contributed by atoms with Crippen LogP contribution in [0, 0.1) is 6.92 Å². The smallest absolute Gasteiger partial charge is 0.130 e. The van der Waals surface area contributed by atoms with Crippen molar-refractivity contribution in [2.45, 2.75) is 19.8 Å². The molecular formula is C8H14ClN3. The predicted octanol–water partition coefficient (Wildman–Crippen LogP) is 1.27. The molecule has 1 rings (SSSR count). The normalized spacial score (nSPS) is 10.7. The van der Waals surface area contributed by atoms with Crippen molar-refractivity contribution in [1.82, 2.24) is 9.78 Å². The molecule has 1 aromatic heterocycles. The van der Waals surface area contributed by atoms with Crippen LogP contribution in [0.4, 0.5) is 0 Å². The zero-order valence-electron chi connectivity index (χ0n) is 7.47. The van der Waals surface area contributed by atoms with Crippen molar-refractivity contribution < 1.29 is 0 Å². The predicted molar refractivity (Wildman–Crippen MR) is 50.3 cm³/mol. The Hall–Kier alpha value is -0.540. The van der Waals surface area contributed by atoms with Crippen LogP contribution >= 0.6 is 11.6 Å². The molecule has 0 amide bonds. The molecule has 0 saturated heterocycles. The number of hydrogen-bond donors (Lipinski definition) is 1. The van der Waals surface area contributed by atoms with Crippen LogP contribution in [0.25, 0.3) is 0 Å². The maximum absolute atomic E-state index is 6.01. The Balaban J connectivity index is 2.82. The molecule has 1 aromatic rings. The summed E-state index contributed by atoms with van der Waals surface area (Å²) in [6.45, 7) is 2.67. The van der Waals surface area contributed by atoms with Crippen LogP contribution in [0.3, 0.4) is 0 Å². The lowest BCUT2D eigenvalue weighted by atomic mass is 10.1. The van der Waals surface area contributed by atoms with E-state index in [1.54, 1.807) is 4.68 Å². The summed E-state index contributed by atoms with van der Waals surface area (Å²) in [6.07, 6.45) is 1.89. The van der Waals surface area contributed by atoms with Gasteiger partial charge in [0.15, 0.2) is 0 Å². The Labute approximate surface area is 77.5 Å². The van der Waals surface area contributed by atoms with Gasteiger partial charge in [-0.1, -0.05) is 11.6 Å². The molecule has 0 unspecified atom stereocenters. The van der Waals surface area contributed by atoms with Crippen LogP contribution < -0.4 is 5.73 Å². The average Bonchev–Trinajstić information content (AvgIpc) is 2.25. The second-order valence-electron chi connectivity index (χ2n) is 2.87. The molecule has 0 aromatic carbocycles. The molecule has 0 fully saturated rings. The van der Waals surface area contributed by atoms with E-state index >= 15 is 0 Å². The fourth-order valence-electron chi connectivity index (χ4n) is 1.24. The van der Waals surface area contributed by atoms with Crippen molar-refractivity contribution in [3.63, 3.8) is 0 Å². The van der Waals surface area contributed by atoms with Crippen molar-refractivity contribution in [2.75, 3.05) is 6.54 Å². The first-order chi connectivity index (χ1) is 5.66. The highest BCUT2D eigenvalue weighted by molar-refractivity contribution is 6.30. The monoisotopic (exact) mass is 187 g/mol. The third kappa shape index (κ3) is 1.79. The van der Waals surface area contributed by atoms with Crippen molar-refractivity contribution in [1.29, 1.82) is 0 Å².